The molecule has 0 saturated carbocycles. The van der Waals surface area contributed by atoms with E-state index in [1.807, 2.05) is 25.1 Å². The Bertz CT molecular complexity index is 1470. The number of hydrogen-bond donors (Lipinski definition) is 0. The third-order valence-corrected chi connectivity index (χ3v) is 5.98. The molecule has 184 valence electrons. The summed E-state index contributed by atoms with van der Waals surface area (Å²) in [5, 5.41) is 3.91. The summed E-state index contributed by atoms with van der Waals surface area (Å²) in [5.74, 6) is 3.04. The number of aromatic nitrogens is 5. The van der Waals surface area contributed by atoms with Crippen molar-refractivity contribution in [1.29, 1.82) is 0 Å². The van der Waals surface area contributed by atoms with E-state index in [9.17, 15) is 4.79 Å². The molecule has 6 rings (SSSR count). The molecule has 11 nitrogen and oxygen atoms in total. The van der Waals surface area contributed by atoms with Crippen molar-refractivity contribution < 1.29 is 23.5 Å². The van der Waals surface area contributed by atoms with Crippen LogP contribution >= 0.6 is 0 Å². The van der Waals surface area contributed by atoms with Crippen molar-refractivity contribution in [3.05, 3.63) is 70.4 Å². The van der Waals surface area contributed by atoms with Gasteiger partial charge in [0.15, 0.2) is 18.5 Å². The Morgan fingerprint density at radius 2 is 2.11 bits per heavy atom. The van der Waals surface area contributed by atoms with E-state index >= 15 is 0 Å². The third kappa shape index (κ3) is 4.35. The van der Waals surface area contributed by atoms with Crippen LogP contribution < -0.4 is 24.6 Å². The molecule has 0 N–H and O–H groups in total. The van der Waals surface area contributed by atoms with E-state index in [0.29, 0.717) is 55.1 Å². The molecule has 0 saturated heterocycles. The van der Waals surface area contributed by atoms with Gasteiger partial charge in [-0.15, -0.1) is 0 Å². The number of pyridine rings is 1. The highest BCUT2D eigenvalue weighted by atomic mass is 16.6. The number of aryl methyl sites for hydroxylation is 2. The number of fused-ring (bicyclic) bond motifs is 4. The second-order valence-electron chi connectivity index (χ2n) is 8.40. The van der Waals surface area contributed by atoms with Crippen LogP contribution in [0.2, 0.25) is 0 Å². The molecule has 1 aromatic carbocycles. The molecular weight excluding hydrogens is 466 g/mol. The second kappa shape index (κ2) is 9.33. The standard InChI is InChI=1S/C25H23N5O6/c1-2-22-27-21(29-36-22)14-32-16-5-6-18-15(10-16)7-9-30-19(18)11-23(28-25(30)31)33-12-17-13-34-24-20(35-17)4-3-8-26-24/h3-6,8,10-11,17H,2,7,9,12-14H2,1H3. The maximum Gasteiger partial charge on any atom is 0.351 e. The molecular formula is C25H23N5O6. The zero-order valence-corrected chi connectivity index (χ0v) is 19.5. The minimum Gasteiger partial charge on any atom is -0.485 e. The molecule has 2 aliphatic heterocycles. The van der Waals surface area contributed by atoms with Gasteiger partial charge in [0.2, 0.25) is 17.6 Å². The lowest BCUT2D eigenvalue weighted by molar-refractivity contribution is 0.0486. The monoisotopic (exact) mass is 489 g/mol. The first-order valence-electron chi connectivity index (χ1n) is 11.7. The summed E-state index contributed by atoms with van der Waals surface area (Å²) >= 11 is 0. The zero-order valence-electron chi connectivity index (χ0n) is 19.5. The molecule has 11 heteroatoms. The molecule has 0 bridgehead atoms. The van der Waals surface area contributed by atoms with Gasteiger partial charge in [-0.3, -0.25) is 4.57 Å². The maximum absolute atomic E-state index is 12.7. The fourth-order valence-electron chi connectivity index (χ4n) is 4.21. The normalized spacial score (nSPS) is 15.6. The lowest BCUT2D eigenvalue weighted by Crippen LogP contribution is -2.35. The molecule has 2 aliphatic rings. The van der Waals surface area contributed by atoms with Crippen LogP contribution in [-0.4, -0.2) is 44.0 Å². The summed E-state index contributed by atoms with van der Waals surface area (Å²) in [5.41, 5.74) is 2.40. The molecule has 0 spiro atoms. The summed E-state index contributed by atoms with van der Waals surface area (Å²) in [4.78, 5) is 25.2. The van der Waals surface area contributed by atoms with Gasteiger partial charge >= 0.3 is 5.69 Å². The van der Waals surface area contributed by atoms with Gasteiger partial charge in [0.1, 0.15) is 19.0 Å². The zero-order chi connectivity index (χ0) is 24.5. The largest absolute Gasteiger partial charge is 0.485 e. The summed E-state index contributed by atoms with van der Waals surface area (Å²) in [6, 6.07) is 11.1. The topological polar surface area (TPSA) is 124 Å². The van der Waals surface area contributed by atoms with Crippen molar-refractivity contribution in [3.63, 3.8) is 0 Å². The van der Waals surface area contributed by atoms with Crippen molar-refractivity contribution >= 4 is 0 Å². The van der Waals surface area contributed by atoms with Crippen LogP contribution in [0.3, 0.4) is 0 Å². The Labute approximate surface area is 205 Å². The summed E-state index contributed by atoms with van der Waals surface area (Å²) in [7, 11) is 0. The molecule has 0 fully saturated rings. The van der Waals surface area contributed by atoms with Gasteiger partial charge in [-0.2, -0.15) is 9.97 Å². The van der Waals surface area contributed by atoms with Crippen LogP contribution in [0.5, 0.6) is 23.3 Å². The van der Waals surface area contributed by atoms with Gasteiger partial charge in [0.25, 0.3) is 5.88 Å². The Kier molecular flexibility index (Phi) is 5.72. The van der Waals surface area contributed by atoms with Crippen molar-refractivity contribution in [2.24, 2.45) is 0 Å². The predicted molar refractivity (Wildman–Crippen MR) is 125 cm³/mol. The molecule has 5 heterocycles. The van der Waals surface area contributed by atoms with E-state index in [1.54, 1.807) is 29.0 Å². The highest BCUT2D eigenvalue weighted by Crippen LogP contribution is 2.33. The molecule has 3 aromatic heterocycles. The van der Waals surface area contributed by atoms with E-state index in [4.69, 9.17) is 23.5 Å². The lowest BCUT2D eigenvalue weighted by Gasteiger charge is -2.25. The van der Waals surface area contributed by atoms with Gasteiger partial charge in [-0.05, 0) is 42.3 Å². The van der Waals surface area contributed by atoms with E-state index in [-0.39, 0.29) is 30.9 Å². The first-order chi connectivity index (χ1) is 17.7. The Balaban J connectivity index is 1.17. The first-order valence-corrected chi connectivity index (χ1v) is 11.7. The van der Waals surface area contributed by atoms with Gasteiger partial charge in [0.05, 0.1) is 5.69 Å². The lowest BCUT2D eigenvalue weighted by atomic mass is 9.97. The van der Waals surface area contributed by atoms with Crippen LogP contribution in [-0.2, 0) is 26.0 Å². The van der Waals surface area contributed by atoms with Crippen LogP contribution in [0.4, 0.5) is 0 Å². The van der Waals surface area contributed by atoms with Crippen LogP contribution in [0.15, 0.2) is 51.9 Å². The second-order valence-corrected chi connectivity index (χ2v) is 8.40. The Morgan fingerprint density at radius 3 is 3.00 bits per heavy atom. The molecule has 1 unspecified atom stereocenters. The minimum absolute atomic E-state index is 0.180. The van der Waals surface area contributed by atoms with Gasteiger partial charge < -0.3 is 23.5 Å². The molecule has 0 aliphatic carbocycles. The molecule has 0 amide bonds. The van der Waals surface area contributed by atoms with Crippen LogP contribution in [0.25, 0.3) is 11.3 Å². The molecule has 36 heavy (non-hydrogen) atoms. The molecule has 0 radical (unpaired) electrons. The number of rotatable bonds is 7. The van der Waals surface area contributed by atoms with Crippen LogP contribution in [0.1, 0.15) is 24.2 Å². The third-order valence-electron chi connectivity index (χ3n) is 5.98. The van der Waals surface area contributed by atoms with E-state index in [1.165, 1.54) is 0 Å². The maximum atomic E-state index is 12.7. The van der Waals surface area contributed by atoms with Gasteiger partial charge in [0, 0.05) is 30.8 Å². The van der Waals surface area contributed by atoms with Gasteiger partial charge in [-0.25, -0.2) is 9.78 Å². The number of hydrogen-bond acceptors (Lipinski definition) is 10. The highest BCUT2D eigenvalue weighted by Gasteiger charge is 2.24. The van der Waals surface area contributed by atoms with Crippen LogP contribution in [0, 0.1) is 0 Å². The highest BCUT2D eigenvalue weighted by molar-refractivity contribution is 5.67. The average Bonchev–Trinajstić information content (AvgIpc) is 3.38. The van der Waals surface area contributed by atoms with Crippen molar-refractivity contribution in [2.75, 3.05) is 13.2 Å². The molecule has 1 atom stereocenters. The Morgan fingerprint density at radius 1 is 1.17 bits per heavy atom. The first kappa shape index (κ1) is 22.1. The van der Waals surface area contributed by atoms with Gasteiger partial charge in [-0.1, -0.05) is 12.1 Å². The summed E-state index contributed by atoms with van der Waals surface area (Å²) in [6.45, 7) is 3.16. The number of nitrogens with zero attached hydrogens (tertiary/aromatic N) is 5. The SMILES string of the molecule is CCc1nc(COc2ccc3c(c2)CCn2c-3cc(OCC3COc4ncccc4O3)nc2=O)no1. The minimum atomic E-state index is -0.354. The van der Waals surface area contributed by atoms with Crippen molar-refractivity contribution in [3.8, 4) is 34.5 Å². The van der Waals surface area contributed by atoms with E-state index in [2.05, 4.69) is 20.1 Å². The smallest absolute Gasteiger partial charge is 0.351 e. The summed E-state index contributed by atoms with van der Waals surface area (Å²) < 4.78 is 30.0. The number of benzene rings is 1. The fraction of sp³-hybridized carbons (Fsp3) is 0.320. The van der Waals surface area contributed by atoms with E-state index in [0.717, 1.165) is 16.8 Å². The average molecular weight is 489 g/mol. The van der Waals surface area contributed by atoms with E-state index < -0.39 is 0 Å². The molecule has 4 aromatic rings. The predicted octanol–water partition coefficient (Wildman–Crippen LogP) is 2.60. The van der Waals surface area contributed by atoms with Crippen molar-refractivity contribution in [2.45, 2.75) is 39.0 Å². The quantitative estimate of drug-likeness (QED) is 0.383. The fourth-order valence-corrected chi connectivity index (χ4v) is 4.21. The Hall–Kier alpha value is -4.41. The number of ether oxygens (including phenoxy) is 4. The summed E-state index contributed by atoms with van der Waals surface area (Å²) in [6.07, 6.45) is 2.66. The van der Waals surface area contributed by atoms with Crippen molar-refractivity contribution in [1.82, 2.24) is 24.7 Å².